The lowest BCUT2D eigenvalue weighted by molar-refractivity contribution is -0.142. The third kappa shape index (κ3) is 4.02. The summed E-state index contributed by atoms with van der Waals surface area (Å²) in [6.45, 7) is 9.30. The number of allylic oxidation sites excluding steroid dienone is 2. The predicted molar refractivity (Wildman–Crippen MR) is 99.4 cm³/mol. The summed E-state index contributed by atoms with van der Waals surface area (Å²) in [7, 11) is 0. The van der Waals surface area contributed by atoms with E-state index in [4.69, 9.17) is 4.74 Å². The molecule has 1 unspecified atom stereocenters. The molecule has 2 rings (SSSR count). The van der Waals surface area contributed by atoms with Crippen LogP contribution in [-0.4, -0.2) is 29.8 Å². The van der Waals surface area contributed by atoms with E-state index in [1.54, 1.807) is 0 Å². The summed E-state index contributed by atoms with van der Waals surface area (Å²) in [4.78, 5) is 38.1. The van der Waals surface area contributed by atoms with Crippen LogP contribution in [0.4, 0.5) is 0 Å². The van der Waals surface area contributed by atoms with Crippen molar-refractivity contribution in [2.75, 3.05) is 6.61 Å². The second-order valence-electron chi connectivity index (χ2n) is 6.16. The van der Waals surface area contributed by atoms with Crippen LogP contribution in [0, 0.1) is 12.8 Å². The van der Waals surface area contributed by atoms with Crippen molar-refractivity contribution in [1.29, 1.82) is 0 Å². The molecule has 1 aromatic rings. The fourth-order valence-corrected chi connectivity index (χ4v) is 3.05. The number of carbonyl (C=O) groups is 3. The van der Waals surface area contributed by atoms with Crippen LogP contribution in [0.2, 0.25) is 0 Å². The van der Waals surface area contributed by atoms with Crippen LogP contribution in [0.5, 0.6) is 0 Å². The maximum Gasteiger partial charge on any atom is 0.306 e. The van der Waals surface area contributed by atoms with E-state index in [2.05, 4.69) is 16.9 Å². The number of H-pyrrole nitrogens is 1. The van der Waals surface area contributed by atoms with Crippen LogP contribution in [0.15, 0.2) is 30.0 Å². The van der Waals surface area contributed by atoms with Gasteiger partial charge in [-0.25, -0.2) is 0 Å². The van der Waals surface area contributed by atoms with Crippen LogP contribution < -0.4 is 5.32 Å². The quantitative estimate of drug-likeness (QED) is 0.447. The van der Waals surface area contributed by atoms with E-state index in [9.17, 15) is 14.4 Å². The van der Waals surface area contributed by atoms with Gasteiger partial charge < -0.3 is 15.0 Å². The van der Waals surface area contributed by atoms with E-state index in [1.807, 2.05) is 32.9 Å². The molecule has 26 heavy (non-hydrogen) atoms. The number of hydrogen-bond donors (Lipinski definition) is 2. The summed E-state index contributed by atoms with van der Waals surface area (Å²) in [5.74, 6) is -0.587. The van der Waals surface area contributed by atoms with E-state index < -0.39 is 0 Å². The molecule has 1 aliphatic heterocycles. The Hall–Kier alpha value is -2.89. The van der Waals surface area contributed by atoms with Gasteiger partial charge in [-0.05, 0) is 50.0 Å². The van der Waals surface area contributed by atoms with Gasteiger partial charge in [-0.3, -0.25) is 14.4 Å². The largest absolute Gasteiger partial charge is 0.461 e. The molecule has 0 saturated carbocycles. The predicted octanol–water partition coefficient (Wildman–Crippen LogP) is 2.85. The van der Waals surface area contributed by atoms with Crippen molar-refractivity contribution in [3.8, 4) is 0 Å². The number of esters is 1. The van der Waals surface area contributed by atoms with Gasteiger partial charge in [0.1, 0.15) is 6.61 Å². The number of aldehydes is 1. The van der Waals surface area contributed by atoms with E-state index in [0.29, 0.717) is 12.1 Å². The van der Waals surface area contributed by atoms with Crippen LogP contribution in [0.25, 0.3) is 6.08 Å². The van der Waals surface area contributed by atoms with Gasteiger partial charge in [-0.15, -0.1) is 0 Å². The second-order valence-corrected chi connectivity index (χ2v) is 6.16. The van der Waals surface area contributed by atoms with Crippen molar-refractivity contribution in [2.24, 2.45) is 5.92 Å². The number of amides is 1. The fraction of sp³-hybridized carbons (Fsp3) is 0.350. The summed E-state index contributed by atoms with van der Waals surface area (Å²) in [5.41, 5.74) is 4.48. The summed E-state index contributed by atoms with van der Waals surface area (Å²) >= 11 is 0. The van der Waals surface area contributed by atoms with E-state index in [0.717, 1.165) is 34.4 Å². The lowest BCUT2D eigenvalue weighted by Crippen LogP contribution is -2.16. The lowest BCUT2D eigenvalue weighted by Gasteiger charge is -2.04. The van der Waals surface area contributed by atoms with E-state index in [1.165, 1.54) is 6.08 Å². The van der Waals surface area contributed by atoms with Gasteiger partial charge in [0.2, 0.25) is 5.91 Å². The highest BCUT2D eigenvalue weighted by molar-refractivity contribution is 5.91. The molecule has 1 aromatic heterocycles. The molecule has 0 radical (unpaired) electrons. The topological polar surface area (TPSA) is 88.3 Å². The first-order valence-electron chi connectivity index (χ1n) is 8.55. The SMILES string of the molecule is C=CCOC(=O)CCc1c(C=O)[nH]c(/C=C2\NC(=O)C(C)\C2=C\C)c1C. The molecule has 2 N–H and O–H groups in total. The van der Waals surface area contributed by atoms with Gasteiger partial charge in [0.05, 0.1) is 11.6 Å². The van der Waals surface area contributed by atoms with Crippen molar-refractivity contribution in [3.63, 3.8) is 0 Å². The maximum absolute atomic E-state index is 11.9. The zero-order valence-corrected chi connectivity index (χ0v) is 15.3. The zero-order valence-electron chi connectivity index (χ0n) is 15.3. The number of rotatable bonds is 7. The number of ether oxygens (including phenoxy) is 1. The molecule has 6 nitrogen and oxygen atoms in total. The highest BCUT2D eigenvalue weighted by Gasteiger charge is 2.29. The Morgan fingerprint density at radius 2 is 2.08 bits per heavy atom. The number of carbonyl (C=O) groups excluding carboxylic acids is 3. The molecule has 138 valence electrons. The standard InChI is InChI=1S/C20H24N2O4/c1-5-9-26-19(24)8-7-15-12(3)16(21-18(15)11-23)10-17-14(6-2)13(4)20(25)22-17/h5-6,10-11,13,21H,1,7-9H2,2-4H3,(H,22,25)/b14-6-,17-10-. The van der Waals surface area contributed by atoms with Gasteiger partial charge in [0.15, 0.2) is 6.29 Å². The average Bonchev–Trinajstić information content (AvgIpc) is 3.07. The Labute approximate surface area is 153 Å². The van der Waals surface area contributed by atoms with Gasteiger partial charge >= 0.3 is 5.97 Å². The minimum absolute atomic E-state index is 0.0469. The number of aromatic nitrogens is 1. The molecule has 6 heteroatoms. The number of hydrogen-bond acceptors (Lipinski definition) is 4. The van der Waals surface area contributed by atoms with Crippen LogP contribution >= 0.6 is 0 Å². The Kier molecular flexibility index (Phi) is 6.33. The molecule has 1 fully saturated rings. The minimum Gasteiger partial charge on any atom is -0.461 e. The number of nitrogens with one attached hydrogen (secondary N) is 2. The lowest BCUT2D eigenvalue weighted by atomic mass is 10.0. The third-order valence-electron chi connectivity index (χ3n) is 4.54. The Bertz CT molecular complexity index is 799. The molecule has 0 aromatic carbocycles. The molecule has 1 aliphatic rings. The molecule has 1 saturated heterocycles. The first-order chi connectivity index (χ1) is 12.4. The molecule has 1 atom stereocenters. The Morgan fingerprint density at radius 3 is 2.69 bits per heavy atom. The summed E-state index contributed by atoms with van der Waals surface area (Å²) in [6.07, 6.45) is 6.57. The molecule has 0 aliphatic carbocycles. The van der Waals surface area contributed by atoms with E-state index in [-0.39, 0.29) is 30.8 Å². The van der Waals surface area contributed by atoms with Crippen molar-refractivity contribution in [2.45, 2.75) is 33.6 Å². The summed E-state index contributed by atoms with van der Waals surface area (Å²) in [6, 6.07) is 0. The normalized spacial score (nSPS) is 19.7. The van der Waals surface area contributed by atoms with Crippen LogP contribution in [0.1, 0.15) is 47.6 Å². The number of aromatic amines is 1. The Morgan fingerprint density at radius 1 is 1.35 bits per heavy atom. The molecular weight excluding hydrogens is 332 g/mol. The highest BCUT2D eigenvalue weighted by atomic mass is 16.5. The highest BCUT2D eigenvalue weighted by Crippen LogP contribution is 2.29. The average molecular weight is 356 g/mol. The first-order valence-corrected chi connectivity index (χ1v) is 8.55. The second kappa shape index (κ2) is 8.47. The molecule has 0 spiro atoms. The molecule has 0 bridgehead atoms. The van der Waals surface area contributed by atoms with Crippen molar-refractivity contribution in [3.05, 3.63) is 52.5 Å². The summed E-state index contributed by atoms with van der Waals surface area (Å²) in [5, 5.41) is 2.86. The van der Waals surface area contributed by atoms with Crippen molar-refractivity contribution < 1.29 is 19.1 Å². The zero-order chi connectivity index (χ0) is 19.3. The van der Waals surface area contributed by atoms with Gasteiger partial charge in [0, 0.05) is 17.8 Å². The van der Waals surface area contributed by atoms with Gasteiger partial charge in [-0.2, -0.15) is 0 Å². The van der Waals surface area contributed by atoms with Crippen molar-refractivity contribution >= 4 is 24.2 Å². The molecule has 1 amide bonds. The van der Waals surface area contributed by atoms with Crippen LogP contribution in [-0.2, 0) is 20.7 Å². The first kappa shape index (κ1) is 19.4. The monoisotopic (exact) mass is 356 g/mol. The fourth-order valence-electron chi connectivity index (χ4n) is 3.05. The molecular formula is C20H24N2O4. The van der Waals surface area contributed by atoms with E-state index >= 15 is 0 Å². The Balaban J connectivity index is 2.27. The van der Waals surface area contributed by atoms with Gasteiger partial charge in [-0.1, -0.05) is 18.7 Å². The minimum atomic E-state index is -0.338. The molecule has 2 heterocycles. The smallest absolute Gasteiger partial charge is 0.306 e. The van der Waals surface area contributed by atoms with Gasteiger partial charge in [0.25, 0.3) is 0 Å². The van der Waals surface area contributed by atoms with Crippen LogP contribution in [0.3, 0.4) is 0 Å². The van der Waals surface area contributed by atoms with Crippen molar-refractivity contribution in [1.82, 2.24) is 10.3 Å². The third-order valence-corrected chi connectivity index (χ3v) is 4.54. The maximum atomic E-state index is 11.9. The summed E-state index contributed by atoms with van der Waals surface area (Å²) < 4.78 is 4.97.